The molecule has 4 N–H and O–H groups in total. The maximum atomic E-state index is 12.5. The average molecular weight is 562 g/mol. The summed E-state index contributed by atoms with van der Waals surface area (Å²) in [5.74, 6) is 2.28. The summed E-state index contributed by atoms with van der Waals surface area (Å²) in [6.07, 6.45) is 4.31. The summed E-state index contributed by atoms with van der Waals surface area (Å²) in [7, 11) is 0. The van der Waals surface area contributed by atoms with E-state index in [-0.39, 0.29) is 12.7 Å². The van der Waals surface area contributed by atoms with Gasteiger partial charge < -0.3 is 30.4 Å². The number of hydrogen-bond donors (Lipinski definition) is 2. The Morgan fingerprint density at radius 2 is 1.94 bits per heavy atom. The molecule has 186 valence electrons. The van der Waals surface area contributed by atoms with E-state index in [2.05, 4.69) is 30.5 Å². The van der Waals surface area contributed by atoms with E-state index in [0.717, 1.165) is 59.1 Å². The standard InChI is InChI=1S/C23H28BrN7O3S/c1-23(2,26)21(32)30-6-3-13(4-7-30)5-8-31-20-18(19(25)27-11-28-20)29-22(31)35-17-10-16-15(9-14(17)24)33-12-34-16/h9-11,13H,3-8,12,26H2,1-2H3,(H2,25,27,28). The van der Waals surface area contributed by atoms with Gasteiger partial charge in [0.1, 0.15) is 6.33 Å². The van der Waals surface area contributed by atoms with Crippen LogP contribution in [-0.4, -0.2) is 55.7 Å². The van der Waals surface area contributed by atoms with Crippen LogP contribution >= 0.6 is 27.7 Å². The fourth-order valence-corrected chi connectivity index (χ4v) is 5.94. The van der Waals surface area contributed by atoms with Gasteiger partial charge in [0.15, 0.2) is 33.6 Å². The molecule has 1 aromatic carbocycles. The number of rotatable bonds is 6. The van der Waals surface area contributed by atoms with E-state index in [1.807, 2.05) is 17.0 Å². The number of nitrogens with two attached hydrogens (primary N) is 2. The van der Waals surface area contributed by atoms with Crippen molar-refractivity contribution in [1.29, 1.82) is 0 Å². The first-order valence-corrected chi connectivity index (χ1v) is 13.1. The molecule has 0 radical (unpaired) electrons. The van der Waals surface area contributed by atoms with Gasteiger partial charge >= 0.3 is 0 Å². The highest BCUT2D eigenvalue weighted by Gasteiger charge is 2.31. The zero-order valence-electron chi connectivity index (χ0n) is 19.7. The SMILES string of the molecule is CC(C)(N)C(=O)N1CCC(CCn2c(Sc3cc4c(cc3Br)OCO4)nc3c(N)ncnc32)CC1. The summed E-state index contributed by atoms with van der Waals surface area (Å²) in [4.78, 5) is 28.7. The molecule has 1 saturated heterocycles. The Balaban J connectivity index is 1.34. The molecular weight excluding hydrogens is 534 g/mol. The van der Waals surface area contributed by atoms with Crippen molar-refractivity contribution >= 4 is 50.6 Å². The van der Waals surface area contributed by atoms with Crippen molar-refractivity contribution in [3.63, 3.8) is 0 Å². The third-order valence-electron chi connectivity index (χ3n) is 6.37. The number of imidazole rings is 1. The number of aromatic nitrogens is 4. The molecule has 2 aliphatic rings. The van der Waals surface area contributed by atoms with Crippen molar-refractivity contribution < 1.29 is 14.3 Å². The Kier molecular flexibility index (Phi) is 6.53. The van der Waals surface area contributed by atoms with Crippen molar-refractivity contribution in [3.05, 3.63) is 22.9 Å². The predicted molar refractivity (Wildman–Crippen MR) is 136 cm³/mol. The number of aryl methyl sites for hydroxylation is 1. The number of fused-ring (bicyclic) bond motifs is 2. The van der Waals surface area contributed by atoms with Gasteiger partial charge in [0.2, 0.25) is 12.7 Å². The fourth-order valence-electron chi connectivity index (χ4n) is 4.43. The largest absolute Gasteiger partial charge is 0.454 e. The van der Waals surface area contributed by atoms with Gasteiger partial charge in [-0.25, -0.2) is 15.0 Å². The predicted octanol–water partition coefficient (Wildman–Crippen LogP) is 3.42. The minimum atomic E-state index is -0.836. The first-order valence-electron chi connectivity index (χ1n) is 11.5. The topological polar surface area (TPSA) is 134 Å². The lowest BCUT2D eigenvalue weighted by atomic mass is 9.92. The second kappa shape index (κ2) is 9.47. The minimum absolute atomic E-state index is 0.0108. The van der Waals surface area contributed by atoms with E-state index in [9.17, 15) is 4.79 Å². The average Bonchev–Trinajstić information content (AvgIpc) is 3.42. The van der Waals surface area contributed by atoms with Crippen LogP contribution in [0.2, 0.25) is 0 Å². The number of nitrogen functional groups attached to an aromatic ring is 1. The zero-order valence-corrected chi connectivity index (χ0v) is 22.1. The Labute approximate surface area is 215 Å². The van der Waals surface area contributed by atoms with E-state index >= 15 is 0 Å². The summed E-state index contributed by atoms with van der Waals surface area (Å²) in [5.41, 5.74) is 12.6. The summed E-state index contributed by atoms with van der Waals surface area (Å²) in [6, 6.07) is 3.85. The molecule has 10 nitrogen and oxygen atoms in total. The van der Waals surface area contributed by atoms with E-state index in [4.69, 9.17) is 25.9 Å². The Bertz CT molecular complexity index is 1270. The van der Waals surface area contributed by atoms with Gasteiger partial charge in [-0.05, 0) is 67.1 Å². The van der Waals surface area contributed by atoms with Crippen molar-refractivity contribution in [3.8, 4) is 11.5 Å². The van der Waals surface area contributed by atoms with Crippen LogP contribution in [0.25, 0.3) is 11.2 Å². The maximum absolute atomic E-state index is 12.5. The Hall–Kier alpha value is -2.57. The van der Waals surface area contributed by atoms with Crippen LogP contribution < -0.4 is 20.9 Å². The number of ether oxygens (including phenoxy) is 2. The van der Waals surface area contributed by atoms with Gasteiger partial charge in [-0.1, -0.05) is 11.8 Å². The van der Waals surface area contributed by atoms with E-state index < -0.39 is 5.54 Å². The summed E-state index contributed by atoms with van der Waals surface area (Å²) in [6.45, 7) is 5.94. The number of benzene rings is 1. The quantitative estimate of drug-likeness (QED) is 0.464. The highest BCUT2D eigenvalue weighted by molar-refractivity contribution is 9.10. The number of likely N-dealkylation sites (tertiary alicyclic amines) is 1. The minimum Gasteiger partial charge on any atom is -0.454 e. The molecule has 0 atom stereocenters. The molecule has 0 unspecified atom stereocenters. The number of hydrogen-bond acceptors (Lipinski definition) is 9. The van der Waals surface area contributed by atoms with Crippen LogP contribution in [0.1, 0.15) is 33.1 Å². The molecule has 0 spiro atoms. The Morgan fingerprint density at radius 3 is 2.66 bits per heavy atom. The highest BCUT2D eigenvalue weighted by atomic mass is 79.9. The van der Waals surface area contributed by atoms with E-state index in [1.54, 1.807) is 13.8 Å². The number of piperidine rings is 1. The summed E-state index contributed by atoms with van der Waals surface area (Å²) < 4.78 is 14.0. The third-order valence-corrected chi connectivity index (χ3v) is 8.34. The van der Waals surface area contributed by atoms with Gasteiger partial charge in [-0.2, -0.15) is 0 Å². The lowest BCUT2D eigenvalue weighted by Gasteiger charge is -2.35. The van der Waals surface area contributed by atoms with Gasteiger partial charge in [-0.3, -0.25) is 4.79 Å². The van der Waals surface area contributed by atoms with Gasteiger partial charge in [0.25, 0.3) is 0 Å². The number of nitrogens with zero attached hydrogens (tertiary/aromatic N) is 5. The van der Waals surface area contributed by atoms with Gasteiger partial charge in [0.05, 0.1) is 5.54 Å². The molecule has 12 heteroatoms. The molecule has 5 rings (SSSR count). The highest BCUT2D eigenvalue weighted by Crippen LogP contribution is 2.43. The normalized spacial score (nSPS) is 16.3. The number of carbonyl (C=O) groups excluding carboxylic acids is 1. The molecule has 1 fully saturated rings. The molecule has 0 saturated carbocycles. The number of anilines is 1. The molecule has 1 amide bonds. The fraction of sp³-hybridized carbons (Fsp3) is 0.478. The second-order valence-corrected chi connectivity index (χ2v) is 11.3. The summed E-state index contributed by atoms with van der Waals surface area (Å²) >= 11 is 5.15. The van der Waals surface area contributed by atoms with Crippen LogP contribution in [0.5, 0.6) is 11.5 Å². The van der Waals surface area contributed by atoms with Crippen LogP contribution in [0.15, 0.2) is 33.0 Å². The Morgan fingerprint density at radius 1 is 1.23 bits per heavy atom. The maximum Gasteiger partial charge on any atom is 0.242 e. The number of halogens is 1. The van der Waals surface area contributed by atoms with Crippen LogP contribution in [0, 0.1) is 5.92 Å². The van der Waals surface area contributed by atoms with Crippen molar-refractivity contribution in [2.24, 2.45) is 11.7 Å². The molecule has 0 bridgehead atoms. The zero-order chi connectivity index (χ0) is 24.7. The lowest BCUT2D eigenvalue weighted by Crippen LogP contribution is -2.53. The monoisotopic (exact) mass is 561 g/mol. The first-order chi connectivity index (χ1) is 16.7. The van der Waals surface area contributed by atoms with E-state index in [1.165, 1.54) is 18.1 Å². The molecule has 2 aliphatic heterocycles. The van der Waals surface area contributed by atoms with Gasteiger partial charge in [0, 0.05) is 29.0 Å². The van der Waals surface area contributed by atoms with Crippen LogP contribution in [0.3, 0.4) is 0 Å². The lowest BCUT2D eigenvalue weighted by molar-refractivity contribution is -0.137. The van der Waals surface area contributed by atoms with Gasteiger partial charge in [-0.15, -0.1) is 0 Å². The van der Waals surface area contributed by atoms with Crippen LogP contribution in [0.4, 0.5) is 5.82 Å². The van der Waals surface area contributed by atoms with Crippen molar-refractivity contribution in [2.45, 2.75) is 55.2 Å². The first kappa shape index (κ1) is 24.1. The van der Waals surface area contributed by atoms with Crippen molar-refractivity contribution in [2.75, 3.05) is 25.6 Å². The smallest absolute Gasteiger partial charge is 0.242 e. The molecule has 2 aromatic heterocycles. The molecular formula is C23H28BrN7O3S. The number of amides is 1. The van der Waals surface area contributed by atoms with E-state index in [0.29, 0.717) is 28.8 Å². The molecule has 4 heterocycles. The summed E-state index contributed by atoms with van der Waals surface area (Å²) in [5, 5.41) is 0.782. The van der Waals surface area contributed by atoms with Crippen molar-refractivity contribution in [1.82, 2.24) is 24.4 Å². The van der Waals surface area contributed by atoms with Crippen LogP contribution in [-0.2, 0) is 11.3 Å². The molecule has 3 aromatic rings. The molecule has 35 heavy (non-hydrogen) atoms. The number of carbonyl (C=O) groups is 1. The molecule has 0 aliphatic carbocycles. The second-order valence-electron chi connectivity index (χ2n) is 9.46. The third kappa shape index (κ3) is 4.91.